The Bertz CT molecular complexity index is 791. The summed E-state index contributed by atoms with van der Waals surface area (Å²) in [4.78, 5) is 12.9. The van der Waals surface area contributed by atoms with Crippen LogP contribution in [0.15, 0.2) is 30.3 Å². The molecule has 1 aliphatic carbocycles. The lowest BCUT2D eigenvalue weighted by atomic mass is 9.75. The van der Waals surface area contributed by atoms with Gasteiger partial charge in [-0.1, -0.05) is 45.4 Å². The summed E-state index contributed by atoms with van der Waals surface area (Å²) in [6, 6.07) is 10.7. The number of carbonyl (C=O) groups excluding carboxylic acids is 1. The van der Waals surface area contributed by atoms with Crippen molar-refractivity contribution in [2.45, 2.75) is 65.5 Å². The average molecular weight is 354 g/mol. The molecule has 2 aromatic rings. The first-order valence-corrected chi connectivity index (χ1v) is 10.3. The minimum atomic E-state index is 0.0110. The molecule has 0 radical (unpaired) electrons. The van der Waals surface area contributed by atoms with E-state index in [0.717, 1.165) is 25.8 Å². The zero-order valence-corrected chi connectivity index (χ0v) is 16.3. The topological polar surface area (TPSA) is 31.2 Å². The quantitative estimate of drug-likeness (QED) is 0.710. The van der Waals surface area contributed by atoms with Gasteiger partial charge in [-0.3, -0.25) is 4.79 Å². The zero-order valence-electron chi connectivity index (χ0n) is 16.3. The molecule has 1 saturated carbocycles. The smallest absolute Gasteiger partial charge is 0.309 e. The molecular formula is C23H31NO2. The van der Waals surface area contributed by atoms with E-state index in [1.807, 2.05) is 0 Å². The number of esters is 1. The second kappa shape index (κ2) is 7.09. The lowest BCUT2D eigenvalue weighted by molar-refractivity contribution is -0.161. The average Bonchev–Trinajstić information content (AvgIpc) is 2.99. The molecule has 0 spiro atoms. The molecule has 0 unspecified atom stereocenters. The molecule has 0 amide bonds. The third-order valence-corrected chi connectivity index (χ3v) is 6.62. The number of rotatable bonds is 3. The Morgan fingerprint density at radius 2 is 2.00 bits per heavy atom. The van der Waals surface area contributed by atoms with E-state index in [9.17, 15) is 4.79 Å². The number of nitrogens with zero attached hydrogens (tertiary/aromatic N) is 1. The van der Waals surface area contributed by atoms with Crippen LogP contribution in [0, 0.1) is 23.7 Å². The highest BCUT2D eigenvalue weighted by Crippen LogP contribution is 2.36. The van der Waals surface area contributed by atoms with E-state index in [1.165, 1.54) is 29.4 Å². The maximum absolute atomic E-state index is 12.9. The number of hydrogen-bond donors (Lipinski definition) is 0. The lowest BCUT2D eigenvalue weighted by Crippen LogP contribution is -2.38. The Hall–Kier alpha value is -1.77. The first-order valence-electron chi connectivity index (χ1n) is 10.3. The summed E-state index contributed by atoms with van der Waals surface area (Å²) in [5, 5.41) is 1.28. The molecule has 3 nitrogen and oxygen atoms in total. The molecule has 3 heteroatoms. The van der Waals surface area contributed by atoms with E-state index in [2.05, 4.69) is 55.7 Å². The Morgan fingerprint density at radius 1 is 1.19 bits per heavy atom. The molecule has 1 aliphatic heterocycles. The summed E-state index contributed by atoms with van der Waals surface area (Å²) in [7, 11) is 0. The number of aromatic nitrogens is 1. The van der Waals surface area contributed by atoms with E-state index in [1.54, 1.807) is 0 Å². The van der Waals surface area contributed by atoms with Crippen molar-refractivity contribution in [1.29, 1.82) is 0 Å². The van der Waals surface area contributed by atoms with Gasteiger partial charge >= 0.3 is 5.97 Å². The van der Waals surface area contributed by atoms with Crippen LogP contribution in [-0.2, 0) is 22.5 Å². The largest absolute Gasteiger partial charge is 0.462 e. The highest BCUT2D eigenvalue weighted by Gasteiger charge is 2.36. The van der Waals surface area contributed by atoms with Crippen molar-refractivity contribution in [2.75, 3.05) is 0 Å². The summed E-state index contributed by atoms with van der Waals surface area (Å²) in [6.45, 7) is 7.73. The molecule has 2 aliphatic rings. The Labute approximate surface area is 156 Å². The maximum Gasteiger partial charge on any atom is 0.309 e. The monoisotopic (exact) mass is 353 g/mol. The van der Waals surface area contributed by atoms with Crippen LogP contribution in [0.25, 0.3) is 10.9 Å². The first kappa shape index (κ1) is 17.6. The van der Waals surface area contributed by atoms with Crippen molar-refractivity contribution in [3.05, 3.63) is 36.0 Å². The second-order valence-corrected chi connectivity index (χ2v) is 8.84. The van der Waals surface area contributed by atoms with Crippen LogP contribution in [-0.4, -0.2) is 16.6 Å². The number of fused-ring (bicyclic) bond motifs is 3. The predicted octanol–water partition coefficient (Wildman–Crippen LogP) is 5.21. The van der Waals surface area contributed by atoms with Gasteiger partial charge in [0.15, 0.2) is 0 Å². The summed E-state index contributed by atoms with van der Waals surface area (Å²) < 4.78 is 8.49. The number of carbonyl (C=O) groups is 1. The van der Waals surface area contributed by atoms with Crippen molar-refractivity contribution in [1.82, 2.24) is 4.57 Å². The molecule has 0 bridgehead atoms. The molecule has 1 aromatic heterocycles. The summed E-state index contributed by atoms with van der Waals surface area (Å²) in [5.41, 5.74) is 2.56. The van der Waals surface area contributed by atoms with Gasteiger partial charge in [0.25, 0.3) is 0 Å². The fourth-order valence-electron chi connectivity index (χ4n) is 5.04. The normalized spacial score (nSPS) is 28.9. The SMILES string of the molecule is CC(C)[C@@H]1CC[C@@H](C)C[C@H]1OC(=O)[C@H]1CCn2c(cc3ccccc32)C1. The van der Waals surface area contributed by atoms with Crippen LogP contribution < -0.4 is 0 Å². The molecule has 4 rings (SSSR count). The summed E-state index contributed by atoms with van der Waals surface area (Å²) in [6.07, 6.45) is 5.29. The number of para-hydroxylation sites is 1. The maximum atomic E-state index is 12.9. The van der Waals surface area contributed by atoms with E-state index < -0.39 is 0 Å². The highest BCUT2D eigenvalue weighted by atomic mass is 16.5. The summed E-state index contributed by atoms with van der Waals surface area (Å²) >= 11 is 0. The van der Waals surface area contributed by atoms with Gasteiger partial charge in [0, 0.05) is 24.2 Å². The summed E-state index contributed by atoms with van der Waals surface area (Å²) in [5.74, 6) is 1.80. The number of aryl methyl sites for hydroxylation is 1. The molecule has 140 valence electrons. The standard InChI is InChI=1S/C23H31NO2/c1-15(2)20-9-8-16(3)12-22(20)26-23(25)18-10-11-24-19(14-18)13-17-6-4-5-7-21(17)24/h4-7,13,15-16,18,20,22H,8-12,14H2,1-3H3/t16-,18+,20+,22-/m1/s1. The van der Waals surface area contributed by atoms with Crippen LogP contribution in [0.5, 0.6) is 0 Å². The van der Waals surface area contributed by atoms with Gasteiger partial charge in [-0.05, 0) is 54.5 Å². The van der Waals surface area contributed by atoms with Gasteiger partial charge < -0.3 is 9.30 Å². The van der Waals surface area contributed by atoms with Gasteiger partial charge in [0.1, 0.15) is 6.10 Å². The molecule has 26 heavy (non-hydrogen) atoms. The van der Waals surface area contributed by atoms with Crippen LogP contribution in [0.1, 0.15) is 52.1 Å². The van der Waals surface area contributed by atoms with Gasteiger partial charge in [-0.15, -0.1) is 0 Å². The molecule has 0 N–H and O–H groups in total. The fourth-order valence-corrected chi connectivity index (χ4v) is 5.04. The molecule has 0 saturated heterocycles. The van der Waals surface area contributed by atoms with Gasteiger partial charge in [0.2, 0.25) is 0 Å². The van der Waals surface area contributed by atoms with Crippen molar-refractivity contribution >= 4 is 16.9 Å². The predicted molar refractivity (Wildman–Crippen MR) is 105 cm³/mol. The second-order valence-electron chi connectivity index (χ2n) is 8.84. The lowest BCUT2D eigenvalue weighted by Gasteiger charge is -2.37. The van der Waals surface area contributed by atoms with E-state index in [4.69, 9.17) is 4.74 Å². The minimum absolute atomic E-state index is 0.0110. The Balaban J connectivity index is 1.47. The van der Waals surface area contributed by atoms with Crippen molar-refractivity contribution in [2.24, 2.45) is 23.7 Å². The molecule has 1 aromatic carbocycles. The van der Waals surface area contributed by atoms with Crippen molar-refractivity contribution < 1.29 is 9.53 Å². The highest BCUT2D eigenvalue weighted by molar-refractivity contribution is 5.82. The fraction of sp³-hybridized carbons (Fsp3) is 0.609. The molecule has 4 atom stereocenters. The molecule has 2 heterocycles. The van der Waals surface area contributed by atoms with E-state index >= 15 is 0 Å². The van der Waals surface area contributed by atoms with Crippen LogP contribution >= 0.6 is 0 Å². The third-order valence-electron chi connectivity index (χ3n) is 6.62. The van der Waals surface area contributed by atoms with Gasteiger partial charge in [0.05, 0.1) is 5.92 Å². The Morgan fingerprint density at radius 3 is 2.81 bits per heavy atom. The number of benzene rings is 1. The van der Waals surface area contributed by atoms with Gasteiger partial charge in [-0.2, -0.15) is 0 Å². The third kappa shape index (κ3) is 3.28. The van der Waals surface area contributed by atoms with Gasteiger partial charge in [-0.25, -0.2) is 0 Å². The van der Waals surface area contributed by atoms with Crippen molar-refractivity contribution in [3.63, 3.8) is 0 Å². The zero-order chi connectivity index (χ0) is 18.3. The molecular weight excluding hydrogens is 322 g/mol. The van der Waals surface area contributed by atoms with E-state index in [0.29, 0.717) is 17.8 Å². The van der Waals surface area contributed by atoms with Crippen molar-refractivity contribution in [3.8, 4) is 0 Å². The van der Waals surface area contributed by atoms with Crippen LogP contribution in [0.3, 0.4) is 0 Å². The molecule has 1 fully saturated rings. The number of ether oxygens (including phenoxy) is 1. The van der Waals surface area contributed by atoms with E-state index in [-0.39, 0.29) is 18.0 Å². The number of hydrogen-bond acceptors (Lipinski definition) is 2. The van der Waals surface area contributed by atoms with Crippen LogP contribution in [0.2, 0.25) is 0 Å². The minimum Gasteiger partial charge on any atom is -0.462 e. The first-order chi connectivity index (χ1) is 12.5. The van der Waals surface area contributed by atoms with Crippen LogP contribution in [0.4, 0.5) is 0 Å². The Kier molecular flexibility index (Phi) is 4.81.